The van der Waals surface area contributed by atoms with E-state index in [0.29, 0.717) is 17.5 Å². The highest BCUT2D eigenvalue weighted by molar-refractivity contribution is 7.89. The van der Waals surface area contributed by atoms with Crippen LogP contribution in [0, 0.1) is 5.82 Å². The molecule has 0 heterocycles. The van der Waals surface area contributed by atoms with Crippen molar-refractivity contribution in [2.45, 2.75) is 17.6 Å². The molecule has 0 bridgehead atoms. The molecule has 136 valence electrons. The second-order valence-electron chi connectivity index (χ2n) is 5.61. The van der Waals surface area contributed by atoms with E-state index < -0.39 is 34.1 Å². The van der Waals surface area contributed by atoms with Gasteiger partial charge in [0.1, 0.15) is 5.82 Å². The van der Waals surface area contributed by atoms with Crippen LogP contribution in [0.15, 0.2) is 65.6 Å². The third-order valence-electron chi connectivity index (χ3n) is 3.87. The maximum absolute atomic E-state index is 13.9. The summed E-state index contributed by atoms with van der Waals surface area (Å²) in [6, 6.07) is 13.6. The number of alkyl halides is 3. The first kappa shape index (κ1) is 18.3. The highest BCUT2D eigenvalue weighted by atomic mass is 32.2. The van der Waals surface area contributed by atoms with Gasteiger partial charge in [0, 0.05) is 17.5 Å². The minimum Gasteiger partial charge on any atom is -0.207 e. The Balaban J connectivity index is 1.87. The zero-order valence-electron chi connectivity index (χ0n) is 13.2. The minimum atomic E-state index is -4.66. The molecule has 26 heavy (non-hydrogen) atoms. The predicted octanol–water partition coefficient (Wildman–Crippen LogP) is 4.48. The summed E-state index contributed by atoms with van der Waals surface area (Å²) < 4.78 is 78.9. The first-order valence-electron chi connectivity index (χ1n) is 7.51. The van der Waals surface area contributed by atoms with Gasteiger partial charge < -0.3 is 0 Å². The largest absolute Gasteiger partial charge is 0.416 e. The Bertz CT molecular complexity index is 1060. The van der Waals surface area contributed by atoms with Crippen molar-refractivity contribution in [3.05, 3.63) is 77.6 Å². The quantitative estimate of drug-likeness (QED) is 0.676. The van der Waals surface area contributed by atoms with E-state index in [1.54, 1.807) is 36.4 Å². The third kappa shape index (κ3) is 3.71. The molecule has 0 atom stereocenters. The molecule has 0 fully saturated rings. The van der Waals surface area contributed by atoms with Gasteiger partial charge in [-0.25, -0.2) is 17.5 Å². The average Bonchev–Trinajstić information content (AvgIpc) is 2.59. The lowest BCUT2D eigenvalue weighted by Gasteiger charge is -2.12. The van der Waals surface area contributed by atoms with Crippen molar-refractivity contribution < 1.29 is 26.0 Å². The molecule has 0 aliphatic carbocycles. The summed E-state index contributed by atoms with van der Waals surface area (Å²) >= 11 is 0. The van der Waals surface area contributed by atoms with Crippen LogP contribution in [-0.2, 0) is 22.7 Å². The molecule has 0 amide bonds. The molecule has 0 radical (unpaired) electrons. The van der Waals surface area contributed by atoms with Crippen LogP contribution >= 0.6 is 0 Å². The molecule has 0 spiro atoms. The lowest BCUT2D eigenvalue weighted by molar-refractivity contribution is -0.137. The van der Waals surface area contributed by atoms with Crippen molar-refractivity contribution in [1.82, 2.24) is 4.72 Å². The molecule has 3 aromatic carbocycles. The van der Waals surface area contributed by atoms with Gasteiger partial charge in [-0.15, -0.1) is 0 Å². The Kier molecular flexibility index (Phi) is 4.72. The van der Waals surface area contributed by atoms with Crippen LogP contribution in [-0.4, -0.2) is 8.42 Å². The summed E-state index contributed by atoms with van der Waals surface area (Å²) in [5.74, 6) is -1.12. The fourth-order valence-electron chi connectivity index (χ4n) is 2.55. The Morgan fingerprint density at radius 3 is 2.31 bits per heavy atom. The summed E-state index contributed by atoms with van der Waals surface area (Å²) in [7, 11) is -3.98. The van der Waals surface area contributed by atoms with Gasteiger partial charge >= 0.3 is 6.18 Å². The Morgan fingerprint density at radius 2 is 1.62 bits per heavy atom. The topological polar surface area (TPSA) is 46.2 Å². The van der Waals surface area contributed by atoms with E-state index in [1.165, 1.54) is 6.07 Å². The van der Waals surface area contributed by atoms with Crippen LogP contribution in [0.4, 0.5) is 17.6 Å². The van der Waals surface area contributed by atoms with Crippen molar-refractivity contribution >= 4 is 20.8 Å². The SMILES string of the molecule is O=S(=O)(NCc1ccc(C(F)(F)F)cc1F)c1cccc2ccccc12. The maximum Gasteiger partial charge on any atom is 0.416 e. The fraction of sp³-hybridized carbons (Fsp3) is 0.111. The first-order valence-corrected chi connectivity index (χ1v) is 9.00. The van der Waals surface area contributed by atoms with E-state index in [2.05, 4.69) is 4.72 Å². The van der Waals surface area contributed by atoms with E-state index in [1.807, 2.05) is 0 Å². The number of benzene rings is 3. The predicted molar refractivity (Wildman–Crippen MR) is 89.4 cm³/mol. The van der Waals surface area contributed by atoms with Crippen molar-refractivity contribution in [2.75, 3.05) is 0 Å². The van der Waals surface area contributed by atoms with Crippen LogP contribution in [0.1, 0.15) is 11.1 Å². The van der Waals surface area contributed by atoms with Crippen molar-refractivity contribution in [3.8, 4) is 0 Å². The Morgan fingerprint density at radius 1 is 0.923 bits per heavy atom. The van der Waals surface area contributed by atoms with Crippen molar-refractivity contribution in [2.24, 2.45) is 0 Å². The lowest BCUT2D eigenvalue weighted by Crippen LogP contribution is -2.24. The zero-order valence-corrected chi connectivity index (χ0v) is 14.0. The van der Waals surface area contributed by atoms with Gasteiger partial charge in [-0.2, -0.15) is 13.2 Å². The second kappa shape index (κ2) is 6.69. The molecule has 3 rings (SSSR count). The molecule has 3 aromatic rings. The normalized spacial score (nSPS) is 12.5. The summed E-state index contributed by atoms with van der Waals surface area (Å²) in [5.41, 5.74) is -1.31. The number of rotatable bonds is 4. The van der Waals surface area contributed by atoms with E-state index in [4.69, 9.17) is 0 Å². The number of hydrogen-bond acceptors (Lipinski definition) is 2. The molecule has 0 aromatic heterocycles. The van der Waals surface area contributed by atoms with Gasteiger partial charge in [0.15, 0.2) is 0 Å². The highest BCUT2D eigenvalue weighted by Gasteiger charge is 2.31. The summed E-state index contributed by atoms with van der Waals surface area (Å²) in [5, 5.41) is 1.21. The summed E-state index contributed by atoms with van der Waals surface area (Å²) in [4.78, 5) is 0.0166. The fourth-order valence-corrected chi connectivity index (χ4v) is 3.78. The standard InChI is InChI=1S/C18H13F4NO2S/c19-16-10-14(18(20,21)22)9-8-13(16)11-23-26(24,25)17-7-3-5-12-4-1-2-6-15(12)17/h1-10,23H,11H2. The van der Waals surface area contributed by atoms with E-state index >= 15 is 0 Å². The number of fused-ring (bicyclic) bond motifs is 1. The summed E-state index contributed by atoms with van der Waals surface area (Å²) in [6.45, 7) is -0.463. The number of sulfonamides is 1. The van der Waals surface area contributed by atoms with Gasteiger partial charge in [0.05, 0.1) is 10.5 Å². The van der Waals surface area contributed by atoms with Crippen LogP contribution in [0.25, 0.3) is 10.8 Å². The molecule has 0 saturated carbocycles. The molecular weight excluding hydrogens is 370 g/mol. The molecule has 0 saturated heterocycles. The third-order valence-corrected chi connectivity index (χ3v) is 5.33. The smallest absolute Gasteiger partial charge is 0.207 e. The second-order valence-corrected chi connectivity index (χ2v) is 7.34. The monoisotopic (exact) mass is 383 g/mol. The lowest BCUT2D eigenvalue weighted by atomic mass is 10.1. The molecule has 3 nitrogen and oxygen atoms in total. The van der Waals surface area contributed by atoms with Gasteiger partial charge in [0.2, 0.25) is 10.0 Å². The van der Waals surface area contributed by atoms with Crippen LogP contribution in [0.2, 0.25) is 0 Å². The number of hydrogen-bond donors (Lipinski definition) is 1. The van der Waals surface area contributed by atoms with Gasteiger partial charge in [-0.05, 0) is 23.6 Å². The van der Waals surface area contributed by atoms with E-state index in [9.17, 15) is 26.0 Å². The molecule has 1 N–H and O–H groups in total. The summed E-state index contributed by atoms with van der Waals surface area (Å²) in [6.07, 6.45) is -4.66. The molecule has 0 unspecified atom stereocenters. The highest BCUT2D eigenvalue weighted by Crippen LogP contribution is 2.30. The van der Waals surface area contributed by atoms with Crippen molar-refractivity contribution in [3.63, 3.8) is 0 Å². The average molecular weight is 383 g/mol. The zero-order chi connectivity index (χ0) is 18.9. The first-order chi connectivity index (χ1) is 12.2. The van der Waals surface area contributed by atoms with Gasteiger partial charge in [-0.3, -0.25) is 0 Å². The molecule has 0 aliphatic heterocycles. The number of halogens is 4. The molecular formula is C18H13F4NO2S. The van der Waals surface area contributed by atoms with E-state index in [0.717, 1.165) is 11.5 Å². The molecule has 0 aliphatic rings. The van der Waals surface area contributed by atoms with Gasteiger partial charge in [-0.1, -0.05) is 42.5 Å². The van der Waals surface area contributed by atoms with E-state index in [-0.39, 0.29) is 10.5 Å². The van der Waals surface area contributed by atoms with Crippen LogP contribution in [0.5, 0.6) is 0 Å². The van der Waals surface area contributed by atoms with Crippen LogP contribution in [0.3, 0.4) is 0 Å². The van der Waals surface area contributed by atoms with Crippen molar-refractivity contribution in [1.29, 1.82) is 0 Å². The maximum atomic E-state index is 13.9. The Hall–Kier alpha value is -2.45. The van der Waals surface area contributed by atoms with Gasteiger partial charge in [0.25, 0.3) is 0 Å². The molecule has 8 heteroatoms. The number of nitrogens with one attached hydrogen (secondary N) is 1. The van der Waals surface area contributed by atoms with Crippen LogP contribution < -0.4 is 4.72 Å². The Labute approximate surface area is 147 Å². The minimum absolute atomic E-state index is 0.0166.